The molecule has 3 amide bonds. The van der Waals surface area contributed by atoms with Gasteiger partial charge >= 0.3 is 5.97 Å². The number of rotatable bonds is 18. The van der Waals surface area contributed by atoms with Gasteiger partial charge in [-0.3, -0.25) is 19.2 Å². The van der Waals surface area contributed by atoms with Gasteiger partial charge in [0.15, 0.2) is 0 Å². The lowest BCUT2D eigenvalue weighted by molar-refractivity contribution is -0.151. The molecule has 3 aliphatic heterocycles. The highest BCUT2D eigenvalue weighted by Crippen LogP contribution is 2.60. The summed E-state index contributed by atoms with van der Waals surface area (Å²) in [6.45, 7) is 13.9. The Hall–Kier alpha value is -3.02. The molecule has 2 bridgehead atoms. The molecular weight excluding hydrogens is 666 g/mol. The van der Waals surface area contributed by atoms with Crippen LogP contribution in [-0.2, 0) is 28.7 Å². The van der Waals surface area contributed by atoms with E-state index in [9.17, 15) is 24.3 Å². The minimum atomic E-state index is -1.26. The van der Waals surface area contributed by atoms with E-state index in [2.05, 4.69) is 34.4 Å². The summed E-state index contributed by atoms with van der Waals surface area (Å²) in [6, 6.07) is 6.91. The highest BCUT2D eigenvalue weighted by Gasteiger charge is 2.77. The Balaban J connectivity index is 1.71. The van der Waals surface area contributed by atoms with Crippen molar-refractivity contribution >= 4 is 39.6 Å². The predicted molar refractivity (Wildman–Crippen MR) is 182 cm³/mol. The Morgan fingerprint density at radius 3 is 2.57 bits per heavy atom. The molecule has 2 N–H and O–H groups in total. The van der Waals surface area contributed by atoms with Gasteiger partial charge in [0, 0.05) is 24.3 Å². The molecule has 10 nitrogen and oxygen atoms in total. The average molecular weight is 717 g/mol. The Bertz CT molecular complexity index is 1290. The molecule has 8 atom stereocenters. The second-order valence-electron chi connectivity index (χ2n) is 13.3. The number of nitrogens with zero attached hydrogens (tertiary/aromatic N) is 2. The molecule has 47 heavy (non-hydrogen) atoms. The van der Waals surface area contributed by atoms with Crippen LogP contribution in [0.4, 0.5) is 0 Å². The number of carbonyl (C=O) groups excluding carboxylic acids is 4. The number of nitrogens with one attached hydrogen (secondary N) is 1. The maximum absolute atomic E-state index is 14.6. The SMILES string of the molecule is C=CCCC(=O)OC[C@@H](NC(=O)[C@@H]1[C@H]2O[C@@]3(CC2Br)[C@H](C(=O)N(CC=C)CCCC)N([C@@H](CO)CC(C)C)C(=O)[C@@H]13)c1ccccc1. The maximum Gasteiger partial charge on any atom is 0.306 e. The largest absolute Gasteiger partial charge is 0.463 e. The lowest BCUT2D eigenvalue weighted by atomic mass is 9.70. The summed E-state index contributed by atoms with van der Waals surface area (Å²) in [5.41, 5.74) is -0.517. The molecule has 1 unspecified atom stereocenters. The van der Waals surface area contributed by atoms with Crippen molar-refractivity contribution in [3.05, 3.63) is 61.2 Å². The van der Waals surface area contributed by atoms with Gasteiger partial charge in [-0.15, -0.1) is 13.2 Å². The molecule has 1 aromatic rings. The quantitative estimate of drug-likeness (QED) is 0.132. The van der Waals surface area contributed by atoms with Gasteiger partial charge in [0.2, 0.25) is 17.7 Å². The summed E-state index contributed by atoms with van der Waals surface area (Å²) in [5.74, 6) is -3.14. The zero-order valence-electron chi connectivity index (χ0n) is 27.8. The third kappa shape index (κ3) is 7.67. The molecule has 258 valence electrons. The molecule has 0 saturated carbocycles. The number of fused-ring (bicyclic) bond motifs is 1. The molecule has 3 saturated heterocycles. The smallest absolute Gasteiger partial charge is 0.306 e. The topological polar surface area (TPSA) is 125 Å². The van der Waals surface area contributed by atoms with Crippen LogP contribution in [0, 0.1) is 17.8 Å². The minimum absolute atomic E-state index is 0.0897. The molecule has 3 heterocycles. The van der Waals surface area contributed by atoms with Crippen LogP contribution in [0.2, 0.25) is 0 Å². The molecule has 1 aromatic carbocycles. The van der Waals surface area contributed by atoms with E-state index in [1.165, 1.54) is 4.90 Å². The number of hydrogen-bond acceptors (Lipinski definition) is 7. The van der Waals surface area contributed by atoms with E-state index < -0.39 is 53.5 Å². The molecule has 3 aliphatic rings. The number of allylic oxidation sites excluding steroid dienone is 1. The van der Waals surface area contributed by atoms with Gasteiger partial charge in [0.05, 0.1) is 36.6 Å². The average Bonchev–Trinajstić information content (AvgIpc) is 3.65. The zero-order chi connectivity index (χ0) is 34.3. The van der Waals surface area contributed by atoms with E-state index in [1.807, 2.05) is 51.1 Å². The normalized spacial score (nSPS) is 27.3. The van der Waals surface area contributed by atoms with Crippen molar-refractivity contribution in [3.63, 3.8) is 0 Å². The fraction of sp³-hybridized carbons (Fsp3) is 0.611. The first kappa shape index (κ1) is 36.8. The Labute approximate surface area is 287 Å². The third-order valence-corrected chi connectivity index (χ3v) is 10.4. The van der Waals surface area contributed by atoms with E-state index in [4.69, 9.17) is 9.47 Å². The van der Waals surface area contributed by atoms with Crippen molar-refractivity contribution in [2.24, 2.45) is 17.8 Å². The van der Waals surface area contributed by atoms with Crippen molar-refractivity contribution in [3.8, 4) is 0 Å². The van der Waals surface area contributed by atoms with Crippen LogP contribution >= 0.6 is 15.9 Å². The number of carbonyl (C=O) groups is 4. The highest BCUT2D eigenvalue weighted by atomic mass is 79.9. The van der Waals surface area contributed by atoms with E-state index in [-0.39, 0.29) is 42.2 Å². The van der Waals surface area contributed by atoms with Crippen LogP contribution in [0.15, 0.2) is 55.6 Å². The molecule has 0 aromatic heterocycles. The van der Waals surface area contributed by atoms with Crippen molar-refractivity contribution in [2.45, 2.75) is 94.0 Å². The van der Waals surface area contributed by atoms with Gasteiger partial charge in [-0.05, 0) is 37.2 Å². The van der Waals surface area contributed by atoms with E-state index in [0.29, 0.717) is 32.4 Å². The van der Waals surface area contributed by atoms with Crippen LogP contribution in [-0.4, -0.2) is 93.5 Å². The number of esters is 1. The summed E-state index contributed by atoms with van der Waals surface area (Å²) in [4.78, 5) is 58.9. The van der Waals surface area contributed by atoms with Gasteiger partial charge < -0.3 is 29.7 Å². The number of likely N-dealkylation sites (tertiary alicyclic amines) is 1. The predicted octanol–water partition coefficient (Wildman–Crippen LogP) is 4.32. The zero-order valence-corrected chi connectivity index (χ0v) is 29.4. The summed E-state index contributed by atoms with van der Waals surface area (Å²) in [6.07, 6.45) is 5.82. The van der Waals surface area contributed by atoms with Gasteiger partial charge in [-0.1, -0.05) is 85.6 Å². The van der Waals surface area contributed by atoms with Gasteiger partial charge in [0.1, 0.15) is 18.2 Å². The van der Waals surface area contributed by atoms with E-state index in [0.717, 1.165) is 18.4 Å². The number of ether oxygens (including phenoxy) is 2. The van der Waals surface area contributed by atoms with Crippen LogP contribution in [0.5, 0.6) is 0 Å². The van der Waals surface area contributed by atoms with Crippen LogP contribution in [0.3, 0.4) is 0 Å². The van der Waals surface area contributed by atoms with E-state index >= 15 is 0 Å². The summed E-state index contributed by atoms with van der Waals surface area (Å²) < 4.78 is 12.2. The van der Waals surface area contributed by atoms with Crippen molar-refractivity contribution < 1.29 is 33.8 Å². The monoisotopic (exact) mass is 715 g/mol. The van der Waals surface area contributed by atoms with Gasteiger partial charge in [-0.25, -0.2) is 0 Å². The van der Waals surface area contributed by atoms with Gasteiger partial charge in [-0.2, -0.15) is 0 Å². The second-order valence-corrected chi connectivity index (χ2v) is 14.5. The molecule has 1 spiro atoms. The molecule has 0 radical (unpaired) electrons. The van der Waals surface area contributed by atoms with Crippen molar-refractivity contribution in [2.75, 3.05) is 26.3 Å². The molecule has 0 aliphatic carbocycles. The number of unbranched alkanes of at least 4 members (excludes halogenated alkanes) is 1. The van der Waals surface area contributed by atoms with E-state index in [1.54, 1.807) is 17.1 Å². The third-order valence-electron chi connectivity index (χ3n) is 9.54. The molecular formula is C36H50BrN3O7. The van der Waals surface area contributed by atoms with Gasteiger partial charge in [0.25, 0.3) is 0 Å². The first-order chi connectivity index (χ1) is 22.5. The first-order valence-electron chi connectivity index (χ1n) is 16.8. The van der Waals surface area contributed by atoms with Crippen LogP contribution in [0.1, 0.15) is 70.9 Å². The summed E-state index contributed by atoms with van der Waals surface area (Å²) in [7, 11) is 0. The lowest BCUT2D eigenvalue weighted by Crippen LogP contribution is -2.59. The maximum atomic E-state index is 14.6. The van der Waals surface area contributed by atoms with Crippen LogP contribution < -0.4 is 5.32 Å². The standard InChI is InChI=1S/C36H50BrN3O7/c1-6-9-16-28(42)46-22-27(24-14-12-11-13-15-24)38-33(43)29-30-34(44)40(25(21-41)19-23(4)5)32(36(30)20-26(37)31(29)47-36)35(45)39(17-8-3)18-10-7-2/h6,8,11-15,23,25-27,29-32,41H,1,3,7,9-10,16-22H2,2,4-5H3,(H,38,43)/t25-,26?,27-,29+,30-,31+,32+,36-/m1/s1. The number of aliphatic hydroxyl groups is 1. The lowest BCUT2D eigenvalue weighted by Gasteiger charge is -2.39. The minimum Gasteiger partial charge on any atom is -0.463 e. The highest BCUT2D eigenvalue weighted by molar-refractivity contribution is 9.09. The Morgan fingerprint density at radius 1 is 1.23 bits per heavy atom. The second kappa shape index (κ2) is 16.4. The number of benzene rings is 1. The number of alkyl halides is 1. The fourth-order valence-electron chi connectivity index (χ4n) is 7.47. The van der Waals surface area contributed by atoms with Crippen molar-refractivity contribution in [1.29, 1.82) is 0 Å². The number of amides is 3. The molecule has 4 rings (SSSR count). The molecule has 11 heteroatoms. The Morgan fingerprint density at radius 2 is 1.96 bits per heavy atom. The molecule has 3 fully saturated rings. The Kier molecular flexibility index (Phi) is 12.8. The first-order valence-corrected chi connectivity index (χ1v) is 17.7. The van der Waals surface area contributed by atoms with Crippen LogP contribution in [0.25, 0.3) is 0 Å². The summed E-state index contributed by atoms with van der Waals surface area (Å²) >= 11 is 3.74. The number of aliphatic hydroxyl groups excluding tert-OH is 1. The fourth-order valence-corrected chi connectivity index (χ4v) is 8.41. The van der Waals surface area contributed by atoms with Crippen molar-refractivity contribution in [1.82, 2.24) is 15.1 Å². The number of hydrogen-bond donors (Lipinski definition) is 2. The summed E-state index contributed by atoms with van der Waals surface area (Å²) in [5, 5.41) is 13.6. The number of halogens is 1.